The Morgan fingerprint density at radius 2 is 1.87 bits per heavy atom. The van der Waals surface area contributed by atoms with Gasteiger partial charge >= 0.3 is 6.09 Å². The van der Waals surface area contributed by atoms with Crippen molar-refractivity contribution in [2.24, 2.45) is 5.92 Å². The normalized spacial score (nSPS) is 12.6. The Balaban J connectivity index is 2.29. The Morgan fingerprint density at radius 1 is 1.22 bits per heavy atom. The molecule has 0 saturated carbocycles. The van der Waals surface area contributed by atoms with Crippen LogP contribution in [0.15, 0.2) is 24.3 Å². The Bertz CT molecular complexity index is 466. The molecule has 0 aliphatic carbocycles. The van der Waals surface area contributed by atoms with E-state index in [0.29, 0.717) is 18.2 Å². The van der Waals surface area contributed by atoms with Gasteiger partial charge in [0.2, 0.25) is 0 Å². The summed E-state index contributed by atoms with van der Waals surface area (Å²) >= 11 is 0. The Labute approximate surface area is 139 Å². The maximum absolute atomic E-state index is 11.7. The second-order valence-corrected chi connectivity index (χ2v) is 6.72. The molecule has 0 heterocycles. The van der Waals surface area contributed by atoms with Crippen molar-refractivity contribution in [1.29, 1.82) is 0 Å². The summed E-state index contributed by atoms with van der Waals surface area (Å²) in [6.07, 6.45) is 0.723. The zero-order valence-corrected chi connectivity index (χ0v) is 14.9. The molecule has 1 aromatic rings. The fourth-order valence-electron chi connectivity index (χ4n) is 1.79. The molecule has 2 N–H and O–H groups in total. The van der Waals surface area contributed by atoms with Crippen LogP contribution in [0.5, 0.6) is 5.75 Å². The van der Waals surface area contributed by atoms with Crippen LogP contribution in [0.2, 0.25) is 0 Å². The first-order valence-electron chi connectivity index (χ1n) is 8.23. The molecule has 0 bridgehead atoms. The van der Waals surface area contributed by atoms with E-state index >= 15 is 0 Å². The lowest BCUT2D eigenvalue weighted by Crippen LogP contribution is -2.27. The zero-order valence-electron chi connectivity index (χ0n) is 14.9. The van der Waals surface area contributed by atoms with E-state index in [1.165, 1.54) is 6.42 Å². The summed E-state index contributed by atoms with van der Waals surface area (Å²) in [6, 6.07) is 7.26. The minimum absolute atomic E-state index is 0.458. The largest absolute Gasteiger partial charge is 0.492 e. The van der Waals surface area contributed by atoms with Gasteiger partial charge in [0.05, 0.1) is 0 Å². The van der Waals surface area contributed by atoms with Crippen molar-refractivity contribution in [1.82, 2.24) is 5.32 Å². The fourth-order valence-corrected chi connectivity index (χ4v) is 1.79. The molecule has 5 nitrogen and oxygen atoms in total. The van der Waals surface area contributed by atoms with Gasteiger partial charge in [-0.3, -0.25) is 5.32 Å². The van der Waals surface area contributed by atoms with Crippen molar-refractivity contribution >= 4 is 11.8 Å². The molecule has 1 amide bonds. The molecule has 1 rings (SSSR count). The monoisotopic (exact) mass is 322 g/mol. The van der Waals surface area contributed by atoms with E-state index in [1.54, 1.807) is 12.1 Å². The highest BCUT2D eigenvalue weighted by Crippen LogP contribution is 2.16. The van der Waals surface area contributed by atoms with E-state index in [1.807, 2.05) is 32.9 Å². The zero-order chi connectivity index (χ0) is 17.3. The topological polar surface area (TPSA) is 59.6 Å². The molecule has 1 unspecified atom stereocenters. The van der Waals surface area contributed by atoms with E-state index in [0.717, 1.165) is 18.8 Å². The second-order valence-electron chi connectivity index (χ2n) is 6.72. The lowest BCUT2D eigenvalue weighted by molar-refractivity contribution is 0.0636. The van der Waals surface area contributed by atoms with Crippen LogP contribution >= 0.6 is 0 Å². The highest BCUT2D eigenvalue weighted by Gasteiger charge is 2.16. The predicted molar refractivity (Wildman–Crippen MR) is 94.1 cm³/mol. The van der Waals surface area contributed by atoms with Crippen LogP contribution in [-0.2, 0) is 4.74 Å². The predicted octanol–water partition coefficient (Wildman–Crippen LogP) is 4.05. The standard InChI is InChI=1S/C18H30N2O3/c1-6-14(2)13-19-11-12-22-16-9-7-15(8-10-16)20-17(21)23-18(3,4)5/h7-10,14,19H,6,11-13H2,1-5H3,(H,20,21). The number of ether oxygens (including phenoxy) is 2. The number of benzene rings is 1. The highest BCUT2D eigenvalue weighted by molar-refractivity contribution is 5.84. The van der Waals surface area contributed by atoms with Gasteiger partial charge in [-0.25, -0.2) is 4.79 Å². The molecule has 0 saturated heterocycles. The summed E-state index contributed by atoms with van der Waals surface area (Å²) in [5, 5.41) is 6.06. The van der Waals surface area contributed by atoms with E-state index in [-0.39, 0.29) is 0 Å². The molecule has 0 aliphatic heterocycles. The molecular formula is C18H30N2O3. The Kier molecular flexibility index (Phi) is 7.89. The Morgan fingerprint density at radius 3 is 2.43 bits per heavy atom. The van der Waals surface area contributed by atoms with Crippen molar-refractivity contribution in [3.63, 3.8) is 0 Å². The molecular weight excluding hydrogens is 292 g/mol. The maximum atomic E-state index is 11.7. The molecule has 0 aromatic heterocycles. The van der Waals surface area contributed by atoms with Gasteiger partial charge in [-0.2, -0.15) is 0 Å². The molecule has 23 heavy (non-hydrogen) atoms. The van der Waals surface area contributed by atoms with Crippen LogP contribution in [0.4, 0.5) is 10.5 Å². The highest BCUT2D eigenvalue weighted by atomic mass is 16.6. The third-order valence-corrected chi connectivity index (χ3v) is 3.24. The first-order valence-corrected chi connectivity index (χ1v) is 8.23. The third-order valence-electron chi connectivity index (χ3n) is 3.24. The van der Waals surface area contributed by atoms with Gasteiger partial charge in [0, 0.05) is 12.2 Å². The summed E-state index contributed by atoms with van der Waals surface area (Å²) in [5.74, 6) is 1.47. The van der Waals surface area contributed by atoms with Crippen LogP contribution in [0.1, 0.15) is 41.0 Å². The molecule has 0 fully saturated rings. The van der Waals surface area contributed by atoms with Crippen LogP contribution in [0.3, 0.4) is 0 Å². The van der Waals surface area contributed by atoms with Gasteiger partial charge in [-0.15, -0.1) is 0 Å². The number of carbonyl (C=O) groups is 1. The van der Waals surface area contributed by atoms with E-state index in [4.69, 9.17) is 9.47 Å². The summed E-state index contributed by atoms with van der Waals surface area (Å²) in [7, 11) is 0. The van der Waals surface area contributed by atoms with Crippen LogP contribution in [0.25, 0.3) is 0 Å². The number of anilines is 1. The number of hydrogen-bond donors (Lipinski definition) is 2. The van der Waals surface area contributed by atoms with Crippen LogP contribution in [-0.4, -0.2) is 31.4 Å². The van der Waals surface area contributed by atoms with Gasteiger partial charge in [0.15, 0.2) is 0 Å². The molecule has 0 radical (unpaired) electrons. The van der Waals surface area contributed by atoms with Crippen molar-refractivity contribution in [2.75, 3.05) is 25.0 Å². The number of rotatable bonds is 8. The minimum Gasteiger partial charge on any atom is -0.492 e. The van der Waals surface area contributed by atoms with E-state index in [9.17, 15) is 4.79 Å². The minimum atomic E-state index is -0.505. The summed E-state index contributed by atoms with van der Waals surface area (Å²) in [5.41, 5.74) is 0.177. The van der Waals surface area contributed by atoms with E-state index < -0.39 is 11.7 Å². The van der Waals surface area contributed by atoms with Gasteiger partial charge in [0.25, 0.3) is 0 Å². The average Bonchev–Trinajstić information content (AvgIpc) is 2.46. The fraction of sp³-hybridized carbons (Fsp3) is 0.611. The maximum Gasteiger partial charge on any atom is 0.412 e. The smallest absolute Gasteiger partial charge is 0.412 e. The van der Waals surface area contributed by atoms with Crippen LogP contribution in [0, 0.1) is 5.92 Å². The molecule has 0 aliphatic rings. The van der Waals surface area contributed by atoms with Crippen molar-refractivity contribution in [2.45, 2.75) is 46.6 Å². The molecule has 130 valence electrons. The molecule has 0 spiro atoms. The van der Waals surface area contributed by atoms with Crippen LogP contribution < -0.4 is 15.4 Å². The first-order chi connectivity index (χ1) is 10.8. The number of nitrogens with one attached hydrogen (secondary N) is 2. The molecule has 5 heteroatoms. The third kappa shape index (κ3) is 9.08. The molecule has 1 atom stereocenters. The quantitative estimate of drug-likeness (QED) is 0.709. The first kappa shape index (κ1) is 19.3. The van der Waals surface area contributed by atoms with Gasteiger partial charge in [-0.1, -0.05) is 20.3 Å². The summed E-state index contributed by atoms with van der Waals surface area (Å²) < 4.78 is 10.9. The lowest BCUT2D eigenvalue weighted by Gasteiger charge is -2.19. The lowest BCUT2D eigenvalue weighted by atomic mass is 10.1. The SMILES string of the molecule is CCC(C)CNCCOc1ccc(NC(=O)OC(C)(C)C)cc1. The Hall–Kier alpha value is -1.75. The second kappa shape index (κ2) is 9.40. The van der Waals surface area contributed by atoms with Gasteiger partial charge in [-0.05, 0) is 57.5 Å². The number of carbonyl (C=O) groups excluding carboxylic acids is 1. The summed E-state index contributed by atoms with van der Waals surface area (Å²) in [6.45, 7) is 12.4. The van der Waals surface area contributed by atoms with Crippen molar-refractivity contribution < 1.29 is 14.3 Å². The van der Waals surface area contributed by atoms with Gasteiger partial charge < -0.3 is 14.8 Å². The number of amides is 1. The van der Waals surface area contributed by atoms with Gasteiger partial charge in [0.1, 0.15) is 18.0 Å². The average molecular weight is 322 g/mol. The molecule has 1 aromatic carbocycles. The van der Waals surface area contributed by atoms with Crippen molar-refractivity contribution in [3.05, 3.63) is 24.3 Å². The number of hydrogen-bond acceptors (Lipinski definition) is 4. The summed E-state index contributed by atoms with van der Waals surface area (Å²) in [4.78, 5) is 11.7. The van der Waals surface area contributed by atoms with E-state index in [2.05, 4.69) is 24.5 Å². The van der Waals surface area contributed by atoms with Crippen molar-refractivity contribution in [3.8, 4) is 5.75 Å².